The van der Waals surface area contributed by atoms with Gasteiger partial charge < -0.3 is 10.6 Å². The summed E-state index contributed by atoms with van der Waals surface area (Å²) in [5, 5.41) is 0. The lowest BCUT2D eigenvalue weighted by molar-refractivity contribution is 0.0678. The average Bonchev–Trinajstić information content (AvgIpc) is 2.54. The third kappa shape index (κ3) is 2.99. The van der Waals surface area contributed by atoms with E-state index in [1.165, 1.54) is 10.6 Å². The molecule has 2 N–H and O–H groups in total. The van der Waals surface area contributed by atoms with Crippen LogP contribution in [-0.4, -0.2) is 39.3 Å². The zero-order chi connectivity index (χ0) is 16.6. The van der Waals surface area contributed by atoms with Gasteiger partial charge in [0.2, 0.25) is 0 Å². The molecule has 3 heterocycles. The number of likely N-dealkylation sites (tertiary alicyclic amines) is 1. The van der Waals surface area contributed by atoms with Crippen molar-refractivity contribution in [2.24, 2.45) is 11.7 Å². The van der Waals surface area contributed by atoms with Gasteiger partial charge >= 0.3 is 0 Å². The molecule has 122 valence electrons. The highest BCUT2D eigenvalue weighted by Crippen LogP contribution is 2.20. The molecule has 0 radical (unpaired) electrons. The van der Waals surface area contributed by atoms with E-state index in [1.807, 2.05) is 26.0 Å². The fraction of sp³-hybridized carbons (Fsp3) is 0.471. The maximum Gasteiger partial charge on any atom is 0.270 e. The third-order valence-corrected chi connectivity index (χ3v) is 4.67. The van der Waals surface area contributed by atoms with Crippen LogP contribution in [0.15, 0.2) is 29.3 Å². The molecule has 2 aromatic heterocycles. The highest BCUT2D eigenvalue weighted by molar-refractivity contribution is 5.93. The van der Waals surface area contributed by atoms with Crippen molar-refractivity contribution in [2.45, 2.75) is 32.7 Å². The molecule has 0 bridgehead atoms. The highest BCUT2D eigenvalue weighted by Gasteiger charge is 2.27. The van der Waals surface area contributed by atoms with Crippen LogP contribution in [0.2, 0.25) is 0 Å². The Morgan fingerprint density at radius 1 is 1.39 bits per heavy atom. The van der Waals surface area contributed by atoms with Gasteiger partial charge in [-0.25, -0.2) is 4.98 Å². The second kappa shape index (κ2) is 6.12. The Morgan fingerprint density at radius 2 is 2.09 bits per heavy atom. The van der Waals surface area contributed by atoms with Crippen LogP contribution in [0.3, 0.4) is 0 Å². The molecular weight excluding hydrogens is 292 g/mol. The summed E-state index contributed by atoms with van der Waals surface area (Å²) in [7, 11) is 0. The number of aromatic nitrogens is 2. The lowest BCUT2D eigenvalue weighted by Gasteiger charge is -2.33. The normalized spacial score (nSPS) is 17.4. The largest absolute Gasteiger partial charge is 0.338 e. The van der Waals surface area contributed by atoms with Crippen LogP contribution in [0, 0.1) is 12.8 Å². The summed E-state index contributed by atoms with van der Waals surface area (Å²) in [5.74, 6) is 0.207. The number of rotatable bonds is 2. The predicted molar refractivity (Wildman–Crippen MR) is 88.5 cm³/mol. The Balaban J connectivity index is 1.86. The molecule has 6 nitrogen and oxygen atoms in total. The number of nitrogens with zero attached hydrogens (tertiary/aromatic N) is 3. The Labute approximate surface area is 134 Å². The number of hydrogen-bond donors (Lipinski definition) is 1. The second-order valence-electron chi connectivity index (χ2n) is 6.40. The topological polar surface area (TPSA) is 80.7 Å². The number of hydrogen-bond acceptors (Lipinski definition) is 4. The number of fused-ring (bicyclic) bond motifs is 1. The summed E-state index contributed by atoms with van der Waals surface area (Å²) in [6.45, 7) is 5.22. The summed E-state index contributed by atoms with van der Waals surface area (Å²) >= 11 is 0. The van der Waals surface area contributed by atoms with E-state index in [9.17, 15) is 9.59 Å². The van der Waals surface area contributed by atoms with Crippen LogP contribution in [0.5, 0.6) is 0 Å². The number of aryl methyl sites for hydroxylation is 1. The third-order valence-electron chi connectivity index (χ3n) is 4.67. The van der Waals surface area contributed by atoms with Crippen molar-refractivity contribution in [3.63, 3.8) is 0 Å². The Kier molecular flexibility index (Phi) is 4.17. The van der Waals surface area contributed by atoms with Gasteiger partial charge in [0.05, 0.1) is 0 Å². The number of amides is 1. The summed E-state index contributed by atoms with van der Waals surface area (Å²) in [5.41, 5.74) is 7.33. The van der Waals surface area contributed by atoms with E-state index in [-0.39, 0.29) is 23.1 Å². The van der Waals surface area contributed by atoms with Crippen molar-refractivity contribution in [2.75, 3.05) is 13.1 Å². The van der Waals surface area contributed by atoms with Gasteiger partial charge in [0.25, 0.3) is 11.5 Å². The van der Waals surface area contributed by atoms with Gasteiger partial charge in [-0.05, 0) is 50.3 Å². The molecule has 2 aromatic rings. The fourth-order valence-corrected chi connectivity index (χ4v) is 3.12. The highest BCUT2D eigenvalue weighted by atomic mass is 16.2. The molecule has 1 aliphatic heterocycles. The van der Waals surface area contributed by atoms with Crippen LogP contribution in [0.25, 0.3) is 5.65 Å². The maximum absolute atomic E-state index is 12.6. The fourth-order valence-electron chi connectivity index (χ4n) is 3.12. The van der Waals surface area contributed by atoms with E-state index in [0.29, 0.717) is 24.7 Å². The molecule has 1 saturated heterocycles. The number of pyridine rings is 1. The van der Waals surface area contributed by atoms with Gasteiger partial charge in [0, 0.05) is 31.5 Å². The molecule has 6 heteroatoms. The predicted octanol–water partition coefficient (Wildman–Crippen LogP) is 1.20. The van der Waals surface area contributed by atoms with Gasteiger partial charge in [0.1, 0.15) is 11.2 Å². The number of piperidine rings is 1. The average molecular weight is 314 g/mol. The van der Waals surface area contributed by atoms with E-state index >= 15 is 0 Å². The van der Waals surface area contributed by atoms with Crippen LogP contribution in [-0.2, 0) is 0 Å². The molecule has 1 unspecified atom stereocenters. The van der Waals surface area contributed by atoms with E-state index in [2.05, 4.69) is 4.98 Å². The van der Waals surface area contributed by atoms with Crippen LogP contribution >= 0.6 is 0 Å². The Bertz CT molecular complexity index is 789. The van der Waals surface area contributed by atoms with Crippen LogP contribution < -0.4 is 11.3 Å². The first kappa shape index (κ1) is 15.7. The molecular formula is C17H22N4O2. The van der Waals surface area contributed by atoms with Crippen molar-refractivity contribution in [3.05, 3.63) is 46.0 Å². The van der Waals surface area contributed by atoms with E-state index in [1.54, 1.807) is 11.1 Å². The van der Waals surface area contributed by atoms with Crippen molar-refractivity contribution in [3.8, 4) is 0 Å². The molecule has 1 amide bonds. The molecule has 1 fully saturated rings. The minimum Gasteiger partial charge on any atom is -0.338 e. The minimum absolute atomic E-state index is 0.130. The lowest BCUT2D eigenvalue weighted by atomic mass is 9.91. The first-order chi connectivity index (χ1) is 11.0. The van der Waals surface area contributed by atoms with Gasteiger partial charge in [-0.1, -0.05) is 0 Å². The van der Waals surface area contributed by atoms with E-state index in [0.717, 1.165) is 18.4 Å². The number of nitrogens with two attached hydrogens (primary N) is 1. The maximum atomic E-state index is 12.6. The van der Waals surface area contributed by atoms with E-state index < -0.39 is 0 Å². The summed E-state index contributed by atoms with van der Waals surface area (Å²) in [6, 6.07) is 3.80. The molecule has 1 atom stereocenters. The van der Waals surface area contributed by atoms with Gasteiger partial charge in [-0.3, -0.25) is 14.0 Å². The summed E-state index contributed by atoms with van der Waals surface area (Å²) < 4.78 is 1.43. The van der Waals surface area contributed by atoms with Crippen LogP contribution in [0.1, 0.15) is 35.7 Å². The van der Waals surface area contributed by atoms with Crippen molar-refractivity contribution in [1.29, 1.82) is 0 Å². The van der Waals surface area contributed by atoms with Gasteiger partial charge in [-0.15, -0.1) is 0 Å². The molecule has 0 saturated carbocycles. The van der Waals surface area contributed by atoms with E-state index in [4.69, 9.17) is 5.73 Å². The SMILES string of the molecule is Cc1ccn2c(=O)c(C(=O)N3CCC(C(C)N)CC3)cnc2c1. The summed E-state index contributed by atoms with van der Waals surface area (Å²) in [6.07, 6.45) is 4.83. The molecule has 1 aliphatic rings. The number of carbonyl (C=O) groups excluding carboxylic acids is 1. The first-order valence-corrected chi connectivity index (χ1v) is 8.00. The molecule has 23 heavy (non-hydrogen) atoms. The minimum atomic E-state index is -0.311. The van der Waals surface area contributed by atoms with Crippen LogP contribution in [0.4, 0.5) is 0 Å². The molecule has 0 aliphatic carbocycles. The van der Waals surface area contributed by atoms with Crippen molar-refractivity contribution in [1.82, 2.24) is 14.3 Å². The van der Waals surface area contributed by atoms with Crippen molar-refractivity contribution < 1.29 is 4.79 Å². The Hall–Kier alpha value is -2.21. The quantitative estimate of drug-likeness (QED) is 0.903. The standard InChI is InChI=1S/C17H22N4O2/c1-11-3-8-21-15(9-11)19-10-14(17(21)23)16(22)20-6-4-13(5-7-20)12(2)18/h3,8-10,12-13H,4-7,18H2,1-2H3. The second-order valence-corrected chi connectivity index (χ2v) is 6.40. The molecule has 0 spiro atoms. The number of carbonyl (C=O) groups is 1. The summed E-state index contributed by atoms with van der Waals surface area (Å²) in [4.78, 5) is 31.2. The molecule has 3 rings (SSSR count). The Morgan fingerprint density at radius 3 is 2.74 bits per heavy atom. The zero-order valence-electron chi connectivity index (χ0n) is 13.5. The first-order valence-electron chi connectivity index (χ1n) is 8.00. The van der Waals surface area contributed by atoms with Gasteiger partial charge in [0.15, 0.2) is 0 Å². The smallest absolute Gasteiger partial charge is 0.270 e. The van der Waals surface area contributed by atoms with Crippen molar-refractivity contribution >= 4 is 11.6 Å². The monoisotopic (exact) mass is 314 g/mol. The lowest BCUT2D eigenvalue weighted by Crippen LogP contribution is -2.44. The van der Waals surface area contributed by atoms with Gasteiger partial charge in [-0.2, -0.15) is 0 Å². The zero-order valence-corrected chi connectivity index (χ0v) is 13.5. The molecule has 0 aromatic carbocycles.